The number of aromatic nitrogens is 2. The fraction of sp³-hybridized carbons (Fsp3) is 0.765. The van der Waals surface area contributed by atoms with Crippen LogP contribution in [0.3, 0.4) is 0 Å². The summed E-state index contributed by atoms with van der Waals surface area (Å²) in [4.78, 5) is 2.34. The van der Waals surface area contributed by atoms with E-state index in [9.17, 15) is 0 Å². The maximum atomic E-state index is 4.40. The van der Waals surface area contributed by atoms with E-state index in [0.717, 1.165) is 43.1 Å². The normalized spacial score (nSPS) is 21.0. The smallest absolute Gasteiger partial charge is 0.151 e. The highest BCUT2D eigenvalue weighted by Gasteiger charge is 2.29. The second-order valence-electron chi connectivity index (χ2n) is 7.59. The first-order valence-electron chi connectivity index (χ1n) is 8.42. The second-order valence-corrected chi connectivity index (χ2v) is 8.82. The van der Waals surface area contributed by atoms with Crippen LogP contribution in [0, 0.1) is 5.92 Å². The second kappa shape index (κ2) is 6.75. The molecule has 0 atom stereocenters. The third-order valence-corrected chi connectivity index (χ3v) is 5.67. The van der Waals surface area contributed by atoms with Gasteiger partial charge in [0.2, 0.25) is 0 Å². The van der Waals surface area contributed by atoms with Crippen molar-refractivity contribution < 1.29 is 0 Å². The van der Waals surface area contributed by atoms with E-state index in [1.54, 1.807) is 0 Å². The van der Waals surface area contributed by atoms with Crippen molar-refractivity contribution in [2.24, 2.45) is 5.92 Å². The van der Waals surface area contributed by atoms with Crippen molar-refractivity contribution in [2.45, 2.75) is 45.1 Å². The summed E-state index contributed by atoms with van der Waals surface area (Å²) < 4.78 is 0. The molecule has 2 saturated heterocycles. The molecule has 1 N–H and O–H groups in total. The van der Waals surface area contributed by atoms with E-state index in [4.69, 9.17) is 0 Å². The van der Waals surface area contributed by atoms with Crippen molar-refractivity contribution in [3.8, 4) is 0 Å². The monoisotopic (exact) mass is 320 g/mol. The van der Waals surface area contributed by atoms with Gasteiger partial charge in [0.1, 0.15) is 0 Å². The van der Waals surface area contributed by atoms with Crippen LogP contribution in [-0.4, -0.2) is 47.4 Å². The first-order chi connectivity index (χ1) is 10.5. The maximum absolute atomic E-state index is 4.40. The van der Waals surface area contributed by atoms with Gasteiger partial charge in [0, 0.05) is 37.0 Å². The van der Waals surface area contributed by atoms with E-state index >= 15 is 0 Å². The van der Waals surface area contributed by atoms with Crippen LogP contribution >= 0.6 is 11.8 Å². The topological polar surface area (TPSA) is 41.0 Å². The van der Waals surface area contributed by atoms with Gasteiger partial charge in [-0.25, -0.2) is 0 Å². The van der Waals surface area contributed by atoms with E-state index in [1.807, 2.05) is 0 Å². The highest BCUT2D eigenvalue weighted by atomic mass is 32.2. The fourth-order valence-electron chi connectivity index (χ4n) is 3.01. The molecule has 1 aromatic rings. The number of anilines is 1. The van der Waals surface area contributed by atoms with Gasteiger partial charge in [-0.05, 0) is 36.5 Å². The van der Waals surface area contributed by atoms with E-state index in [1.165, 1.54) is 24.3 Å². The minimum absolute atomic E-state index is 0.0746. The number of hydrogen-bond donors (Lipinski definition) is 1. The molecule has 2 aliphatic rings. The predicted molar refractivity (Wildman–Crippen MR) is 94.8 cm³/mol. The molecule has 0 aliphatic carbocycles. The molecule has 0 bridgehead atoms. The molecule has 22 heavy (non-hydrogen) atoms. The van der Waals surface area contributed by atoms with Crippen molar-refractivity contribution in [2.75, 3.05) is 36.0 Å². The largest absolute Gasteiger partial charge is 0.354 e. The lowest BCUT2D eigenvalue weighted by atomic mass is 9.92. The Labute approximate surface area is 138 Å². The first kappa shape index (κ1) is 16.1. The fourth-order valence-corrected chi connectivity index (χ4v) is 4.12. The van der Waals surface area contributed by atoms with Crippen molar-refractivity contribution in [1.82, 2.24) is 15.5 Å². The number of nitrogens with one attached hydrogen (secondary N) is 1. The van der Waals surface area contributed by atoms with Crippen molar-refractivity contribution in [3.05, 3.63) is 17.8 Å². The first-order valence-corrected chi connectivity index (χ1v) is 9.58. The predicted octanol–water partition coefficient (Wildman–Crippen LogP) is 2.70. The highest BCUT2D eigenvalue weighted by Crippen LogP contribution is 2.25. The van der Waals surface area contributed by atoms with Crippen molar-refractivity contribution in [3.63, 3.8) is 0 Å². The number of thioether (sulfide) groups is 1. The SMILES string of the molecule is CC(C)(C)c1ccc(N2CC(CNC3CCSCC3)C2)nn1. The number of rotatable bonds is 4. The van der Waals surface area contributed by atoms with E-state index in [2.05, 4.69) is 65.1 Å². The molecule has 3 rings (SSSR count). The summed E-state index contributed by atoms with van der Waals surface area (Å²) in [5.74, 6) is 4.44. The molecule has 2 aliphatic heterocycles. The Morgan fingerprint density at radius 2 is 1.91 bits per heavy atom. The van der Waals surface area contributed by atoms with Gasteiger partial charge >= 0.3 is 0 Å². The van der Waals surface area contributed by atoms with Crippen LogP contribution in [0.15, 0.2) is 12.1 Å². The van der Waals surface area contributed by atoms with Crippen LogP contribution in [0.5, 0.6) is 0 Å². The molecule has 4 nitrogen and oxygen atoms in total. The molecule has 0 radical (unpaired) electrons. The van der Waals surface area contributed by atoms with Gasteiger partial charge in [0.05, 0.1) is 5.69 Å². The summed E-state index contributed by atoms with van der Waals surface area (Å²) in [5, 5.41) is 12.5. The summed E-state index contributed by atoms with van der Waals surface area (Å²) in [6, 6.07) is 4.99. The third-order valence-electron chi connectivity index (χ3n) is 4.62. The lowest BCUT2D eigenvalue weighted by Crippen LogP contribution is -2.52. The van der Waals surface area contributed by atoms with Gasteiger partial charge in [0.15, 0.2) is 5.82 Å². The van der Waals surface area contributed by atoms with Gasteiger partial charge in [-0.2, -0.15) is 16.9 Å². The number of nitrogens with zero attached hydrogens (tertiary/aromatic N) is 3. The average Bonchev–Trinajstić information content (AvgIpc) is 2.46. The summed E-state index contributed by atoms with van der Waals surface area (Å²) in [5.41, 5.74) is 1.13. The molecule has 122 valence electrons. The Morgan fingerprint density at radius 1 is 1.18 bits per heavy atom. The standard InChI is InChI=1S/C17H28N4S/c1-17(2,3)15-4-5-16(20-19-15)21-11-13(12-21)10-18-14-6-8-22-9-7-14/h4-5,13-14,18H,6-12H2,1-3H3. The van der Waals surface area contributed by atoms with Crippen LogP contribution < -0.4 is 10.2 Å². The molecular weight excluding hydrogens is 292 g/mol. The Bertz CT molecular complexity index is 470. The molecule has 0 aromatic carbocycles. The maximum Gasteiger partial charge on any atom is 0.151 e. The molecule has 0 amide bonds. The minimum atomic E-state index is 0.0746. The average molecular weight is 321 g/mol. The van der Waals surface area contributed by atoms with Crippen LogP contribution in [-0.2, 0) is 5.41 Å². The van der Waals surface area contributed by atoms with Gasteiger partial charge in [-0.15, -0.1) is 5.10 Å². The van der Waals surface area contributed by atoms with Crippen LogP contribution in [0.1, 0.15) is 39.3 Å². The molecule has 0 saturated carbocycles. The Morgan fingerprint density at radius 3 is 2.50 bits per heavy atom. The summed E-state index contributed by atoms with van der Waals surface area (Å²) >= 11 is 2.09. The van der Waals surface area contributed by atoms with Gasteiger partial charge in [-0.1, -0.05) is 20.8 Å². The molecule has 0 unspecified atom stereocenters. The van der Waals surface area contributed by atoms with E-state index in [0.29, 0.717) is 0 Å². The van der Waals surface area contributed by atoms with E-state index in [-0.39, 0.29) is 5.41 Å². The van der Waals surface area contributed by atoms with Crippen molar-refractivity contribution in [1.29, 1.82) is 0 Å². The molecular formula is C17H28N4S. The number of hydrogen-bond acceptors (Lipinski definition) is 5. The van der Waals surface area contributed by atoms with Crippen molar-refractivity contribution >= 4 is 17.6 Å². The summed E-state index contributed by atoms with van der Waals surface area (Å²) in [7, 11) is 0. The molecule has 2 fully saturated rings. The zero-order chi connectivity index (χ0) is 15.6. The zero-order valence-electron chi connectivity index (χ0n) is 14.0. The minimum Gasteiger partial charge on any atom is -0.354 e. The van der Waals surface area contributed by atoms with Gasteiger partial charge in [0.25, 0.3) is 0 Å². The van der Waals surface area contributed by atoms with Crippen LogP contribution in [0.25, 0.3) is 0 Å². The Balaban J connectivity index is 1.43. The molecule has 3 heterocycles. The molecule has 5 heteroatoms. The van der Waals surface area contributed by atoms with Gasteiger partial charge < -0.3 is 10.2 Å². The van der Waals surface area contributed by atoms with E-state index < -0.39 is 0 Å². The molecule has 1 aromatic heterocycles. The van der Waals surface area contributed by atoms with Gasteiger partial charge in [-0.3, -0.25) is 0 Å². The summed E-state index contributed by atoms with van der Waals surface area (Å²) in [6.45, 7) is 9.89. The van der Waals surface area contributed by atoms with Crippen LogP contribution in [0.4, 0.5) is 5.82 Å². The lowest BCUT2D eigenvalue weighted by molar-refractivity contribution is 0.351. The Kier molecular flexibility index (Phi) is 4.93. The summed E-state index contributed by atoms with van der Waals surface area (Å²) in [6.07, 6.45) is 2.67. The Hall–Kier alpha value is -0.810. The highest BCUT2D eigenvalue weighted by molar-refractivity contribution is 7.99. The zero-order valence-corrected chi connectivity index (χ0v) is 14.8. The molecule has 0 spiro atoms. The van der Waals surface area contributed by atoms with Crippen LogP contribution in [0.2, 0.25) is 0 Å². The lowest BCUT2D eigenvalue weighted by Gasteiger charge is -2.41. The third kappa shape index (κ3) is 3.93. The quantitative estimate of drug-likeness (QED) is 0.924.